The van der Waals surface area contributed by atoms with Crippen molar-refractivity contribution in [2.24, 2.45) is 7.05 Å². The molecule has 0 atom stereocenters. The molecular formula is C16H12FN3. The molecule has 20 heavy (non-hydrogen) atoms. The van der Waals surface area contributed by atoms with E-state index in [9.17, 15) is 4.39 Å². The number of nitrogens with zero attached hydrogens (tertiary/aromatic N) is 3. The summed E-state index contributed by atoms with van der Waals surface area (Å²) in [5.74, 6) is 0.400. The smallest absolute Gasteiger partial charge is 0.141 e. The standard InChI is InChI=1S/C16H12FN3/c1-10-6-7-11(8-13(10)17)16-19-15-12(9-18)4-3-5-14(15)20(16)2/h3-8H,1-2H3. The molecule has 1 heterocycles. The van der Waals surface area contributed by atoms with Crippen LogP contribution < -0.4 is 0 Å². The van der Waals surface area contributed by atoms with Crippen molar-refractivity contribution < 1.29 is 4.39 Å². The van der Waals surface area contributed by atoms with E-state index >= 15 is 0 Å². The van der Waals surface area contributed by atoms with Gasteiger partial charge in [0.05, 0.1) is 11.1 Å². The molecule has 0 unspecified atom stereocenters. The number of halogens is 1. The van der Waals surface area contributed by atoms with Crippen molar-refractivity contribution in [3.8, 4) is 17.5 Å². The lowest BCUT2D eigenvalue weighted by Crippen LogP contribution is -1.93. The number of imidazole rings is 1. The number of rotatable bonds is 1. The van der Waals surface area contributed by atoms with Gasteiger partial charge in [-0.1, -0.05) is 18.2 Å². The number of fused-ring (bicyclic) bond motifs is 1. The second kappa shape index (κ2) is 4.46. The van der Waals surface area contributed by atoms with Crippen LogP contribution in [0.25, 0.3) is 22.4 Å². The maximum atomic E-state index is 13.7. The third kappa shape index (κ3) is 1.76. The maximum absolute atomic E-state index is 13.7. The molecule has 0 bridgehead atoms. The molecule has 0 spiro atoms. The van der Waals surface area contributed by atoms with Crippen LogP contribution in [0.4, 0.5) is 4.39 Å². The van der Waals surface area contributed by atoms with Gasteiger partial charge < -0.3 is 4.57 Å². The molecule has 2 aromatic carbocycles. The van der Waals surface area contributed by atoms with Gasteiger partial charge in [0.1, 0.15) is 23.2 Å². The van der Waals surface area contributed by atoms with Crippen LogP contribution in [0.5, 0.6) is 0 Å². The number of hydrogen-bond donors (Lipinski definition) is 0. The normalized spacial score (nSPS) is 10.7. The molecule has 3 nitrogen and oxygen atoms in total. The molecule has 0 aliphatic rings. The SMILES string of the molecule is Cc1ccc(-c2nc3c(C#N)cccc3n2C)cc1F. The van der Waals surface area contributed by atoms with E-state index in [1.807, 2.05) is 29.8 Å². The highest BCUT2D eigenvalue weighted by atomic mass is 19.1. The van der Waals surface area contributed by atoms with E-state index in [2.05, 4.69) is 11.1 Å². The molecule has 3 aromatic rings. The second-order valence-corrected chi connectivity index (χ2v) is 4.74. The molecule has 0 aliphatic heterocycles. The first-order chi connectivity index (χ1) is 9.61. The van der Waals surface area contributed by atoms with Gasteiger partial charge in [-0.2, -0.15) is 5.26 Å². The molecule has 98 valence electrons. The Morgan fingerprint density at radius 3 is 2.75 bits per heavy atom. The minimum atomic E-state index is -0.255. The van der Waals surface area contributed by atoms with E-state index in [4.69, 9.17) is 5.26 Å². The molecule has 3 rings (SSSR count). The first kappa shape index (κ1) is 12.4. The molecule has 0 saturated carbocycles. The number of nitriles is 1. The number of hydrogen-bond acceptors (Lipinski definition) is 2. The highest BCUT2D eigenvalue weighted by Crippen LogP contribution is 2.26. The Bertz CT molecular complexity index is 856. The van der Waals surface area contributed by atoms with Crippen molar-refractivity contribution >= 4 is 11.0 Å². The van der Waals surface area contributed by atoms with Crippen molar-refractivity contribution in [3.05, 3.63) is 53.3 Å². The number of para-hydroxylation sites is 1. The molecule has 0 amide bonds. The van der Waals surface area contributed by atoms with Crippen LogP contribution in [-0.2, 0) is 7.05 Å². The summed E-state index contributed by atoms with van der Waals surface area (Å²) in [6, 6.07) is 12.6. The summed E-state index contributed by atoms with van der Waals surface area (Å²) in [4.78, 5) is 4.50. The van der Waals surface area contributed by atoms with Crippen LogP contribution in [0.2, 0.25) is 0 Å². The summed E-state index contributed by atoms with van der Waals surface area (Å²) < 4.78 is 15.6. The topological polar surface area (TPSA) is 41.6 Å². The van der Waals surface area contributed by atoms with Crippen molar-refractivity contribution in [2.75, 3.05) is 0 Å². The third-order valence-electron chi connectivity index (χ3n) is 3.46. The zero-order valence-electron chi connectivity index (χ0n) is 11.2. The van der Waals surface area contributed by atoms with E-state index in [1.54, 1.807) is 19.1 Å². The van der Waals surface area contributed by atoms with E-state index in [1.165, 1.54) is 6.07 Å². The summed E-state index contributed by atoms with van der Waals surface area (Å²) in [6.45, 7) is 1.72. The van der Waals surface area contributed by atoms with Crippen LogP contribution in [0.1, 0.15) is 11.1 Å². The fraction of sp³-hybridized carbons (Fsp3) is 0.125. The van der Waals surface area contributed by atoms with E-state index < -0.39 is 0 Å². The van der Waals surface area contributed by atoms with Crippen LogP contribution >= 0.6 is 0 Å². The number of benzene rings is 2. The lowest BCUT2D eigenvalue weighted by atomic mass is 10.1. The van der Waals surface area contributed by atoms with Gasteiger partial charge >= 0.3 is 0 Å². The summed E-state index contributed by atoms with van der Waals surface area (Å²) in [5.41, 5.74) is 3.34. The molecule has 4 heteroatoms. The Balaban J connectivity index is 2.29. The Kier molecular flexibility index (Phi) is 2.76. The minimum Gasteiger partial charge on any atom is -0.327 e. The van der Waals surface area contributed by atoms with Crippen LogP contribution in [0.15, 0.2) is 36.4 Å². The van der Waals surface area contributed by atoms with E-state index in [0.717, 1.165) is 5.52 Å². The van der Waals surface area contributed by atoms with Gasteiger partial charge in [-0.15, -0.1) is 0 Å². The summed E-state index contributed by atoms with van der Waals surface area (Å²) >= 11 is 0. The molecule has 0 N–H and O–H groups in total. The van der Waals surface area contributed by atoms with Gasteiger partial charge in [0.2, 0.25) is 0 Å². The van der Waals surface area contributed by atoms with Gasteiger partial charge in [-0.25, -0.2) is 9.37 Å². The Morgan fingerprint density at radius 2 is 2.05 bits per heavy atom. The molecular weight excluding hydrogens is 253 g/mol. The van der Waals surface area contributed by atoms with Crippen molar-refractivity contribution in [3.63, 3.8) is 0 Å². The highest BCUT2D eigenvalue weighted by molar-refractivity contribution is 5.85. The number of aryl methyl sites for hydroxylation is 2. The van der Waals surface area contributed by atoms with Gasteiger partial charge in [0.25, 0.3) is 0 Å². The van der Waals surface area contributed by atoms with Crippen molar-refractivity contribution in [2.45, 2.75) is 6.92 Å². The largest absolute Gasteiger partial charge is 0.327 e. The predicted octanol–water partition coefficient (Wildman–Crippen LogP) is 3.56. The van der Waals surface area contributed by atoms with E-state index in [-0.39, 0.29) is 5.82 Å². The zero-order chi connectivity index (χ0) is 14.3. The zero-order valence-corrected chi connectivity index (χ0v) is 11.2. The van der Waals surface area contributed by atoms with E-state index in [0.29, 0.717) is 28.0 Å². The van der Waals surface area contributed by atoms with Crippen LogP contribution in [-0.4, -0.2) is 9.55 Å². The van der Waals surface area contributed by atoms with Gasteiger partial charge in [-0.3, -0.25) is 0 Å². The molecule has 0 saturated heterocycles. The quantitative estimate of drug-likeness (QED) is 0.675. The van der Waals surface area contributed by atoms with Gasteiger partial charge in [0, 0.05) is 12.6 Å². The lowest BCUT2D eigenvalue weighted by molar-refractivity contribution is 0.619. The fourth-order valence-electron chi connectivity index (χ4n) is 2.29. The Hall–Kier alpha value is -2.67. The molecule has 0 aliphatic carbocycles. The highest BCUT2D eigenvalue weighted by Gasteiger charge is 2.13. The predicted molar refractivity (Wildman–Crippen MR) is 75.6 cm³/mol. The van der Waals surface area contributed by atoms with Crippen LogP contribution in [0, 0.1) is 24.1 Å². The fourth-order valence-corrected chi connectivity index (χ4v) is 2.29. The van der Waals surface area contributed by atoms with Crippen molar-refractivity contribution in [1.82, 2.24) is 9.55 Å². The monoisotopic (exact) mass is 265 g/mol. The van der Waals surface area contributed by atoms with Crippen LogP contribution in [0.3, 0.4) is 0 Å². The summed E-state index contributed by atoms with van der Waals surface area (Å²) in [6.07, 6.45) is 0. The lowest BCUT2D eigenvalue weighted by Gasteiger charge is -2.04. The van der Waals surface area contributed by atoms with Gasteiger partial charge in [0.15, 0.2) is 0 Å². The summed E-state index contributed by atoms with van der Waals surface area (Å²) in [7, 11) is 1.86. The average Bonchev–Trinajstić information content (AvgIpc) is 2.79. The molecule has 0 fully saturated rings. The Morgan fingerprint density at radius 1 is 1.25 bits per heavy atom. The maximum Gasteiger partial charge on any atom is 0.141 e. The average molecular weight is 265 g/mol. The first-order valence-electron chi connectivity index (χ1n) is 6.24. The minimum absolute atomic E-state index is 0.255. The second-order valence-electron chi connectivity index (χ2n) is 4.74. The molecule has 0 radical (unpaired) electrons. The third-order valence-corrected chi connectivity index (χ3v) is 3.46. The van der Waals surface area contributed by atoms with Gasteiger partial charge in [-0.05, 0) is 30.7 Å². The Labute approximate surface area is 115 Å². The molecule has 1 aromatic heterocycles. The number of aromatic nitrogens is 2. The first-order valence-corrected chi connectivity index (χ1v) is 6.24. The van der Waals surface area contributed by atoms with Crippen molar-refractivity contribution in [1.29, 1.82) is 5.26 Å². The summed E-state index contributed by atoms with van der Waals surface area (Å²) in [5, 5.41) is 9.13.